The number of nitrogens with one attached hydrogen (secondary N) is 2. The van der Waals surface area contributed by atoms with Crippen molar-refractivity contribution in [1.29, 1.82) is 0 Å². The van der Waals surface area contributed by atoms with Crippen LogP contribution in [0.5, 0.6) is 0 Å². The van der Waals surface area contributed by atoms with Crippen molar-refractivity contribution in [2.45, 2.75) is 56.4 Å². The van der Waals surface area contributed by atoms with E-state index in [0.29, 0.717) is 6.04 Å². The van der Waals surface area contributed by atoms with Crippen molar-refractivity contribution >= 4 is 41.7 Å². The lowest BCUT2D eigenvalue weighted by Gasteiger charge is -2.25. The molecule has 2 aliphatic rings. The molecule has 1 aromatic heterocycles. The molecule has 0 radical (unpaired) electrons. The lowest BCUT2D eigenvalue weighted by Crippen LogP contribution is -2.43. The average molecular weight is 492 g/mol. The van der Waals surface area contributed by atoms with Crippen molar-refractivity contribution in [1.82, 2.24) is 15.5 Å². The van der Waals surface area contributed by atoms with Crippen LogP contribution in [0.1, 0.15) is 50.8 Å². The Morgan fingerprint density at radius 3 is 2.81 bits per heavy atom. The van der Waals surface area contributed by atoms with Crippen LogP contribution in [0, 0.1) is 0 Å². The number of thioether (sulfide) groups is 1. The van der Waals surface area contributed by atoms with Crippen molar-refractivity contribution in [3.8, 4) is 0 Å². The van der Waals surface area contributed by atoms with Gasteiger partial charge < -0.3 is 15.1 Å². The van der Waals surface area contributed by atoms with Crippen molar-refractivity contribution in [3.05, 3.63) is 24.2 Å². The molecule has 26 heavy (non-hydrogen) atoms. The highest BCUT2D eigenvalue weighted by atomic mass is 127. The highest BCUT2D eigenvalue weighted by Gasteiger charge is 2.27. The van der Waals surface area contributed by atoms with Gasteiger partial charge in [-0.1, -0.05) is 0 Å². The number of rotatable bonds is 7. The third-order valence-electron chi connectivity index (χ3n) is 5.28. The summed E-state index contributed by atoms with van der Waals surface area (Å²) in [5.74, 6) is 1.98. The largest absolute Gasteiger partial charge is 0.468 e. The standard InChI is InChI=1S/C19H32N4OS.HI/c1-3-20-19(22-15-8-9-16(13-15)25-2)21-14-17(18-7-6-12-24-18)23-10-4-5-11-23;/h6-7,12,15-17H,3-5,8-11,13-14H2,1-2H3,(H2,20,21,22);1H. The zero-order valence-corrected chi connectivity index (χ0v) is 19.1. The first-order valence-electron chi connectivity index (χ1n) is 9.65. The van der Waals surface area contributed by atoms with Gasteiger partial charge in [0.1, 0.15) is 5.76 Å². The van der Waals surface area contributed by atoms with Gasteiger partial charge >= 0.3 is 0 Å². The lowest BCUT2D eigenvalue weighted by molar-refractivity contribution is 0.221. The minimum atomic E-state index is 0. The second-order valence-electron chi connectivity index (χ2n) is 7.01. The molecular formula is C19H33IN4OS. The summed E-state index contributed by atoms with van der Waals surface area (Å²) in [4.78, 5) is 7.42. The third kappa shape index (κ3) is 6.05. The summed E-state index contributed by atoms with van der Waals surface area (Å²) in [6.45, 7) is 6.04. The molecule has 0 spiro atoms. The van der Waals surface area contributed by atoms with Crippen LogP contribution in [0.3, 0.4) is 0 Å². The minimum absolute atomic E-state index is 0. The summed E-state index contributed by atoms with van der Waals surface area (Å²) in [5, 5.41) is 7.86. The van der Waals surface area contributed by atoms with E-state index in [2.05, 4.69) is 34.8 Å². The Morgan fingerprint density at radius 2 is 2.19 bits per heavy atom. The highest BCUT2D eigenvalue weighted by Crippen LogP contribution is 2.28. The molecule has 1 aliphatic heterocycles. The number of hydrogen-bond acceptors (Lipinski definition) is 4. The summed E-state index contributed by atoms with van der Waals surface area (Å²) in [7, 11) is 0. The quantitative estimate of drug-likeness (QED) is 0.344. The Labute approximate surface area is 179 Å². The van der Waals surface area contributed by atoms with E-state index in [1.165, 1.54) is 32.1 Å². The molecule has 3 unspecified atom stereocenters. The molecule has 3 atom stereocenters. The number of aliphatic imine (C=N–C) groups is 1. The summed E-state index contributed by atoms with van der Waals surface area (Å²) >= 11 is 1.99. The third-order valence-corrected chi connectivity index (χ3v) is 6.37. The Hall–Kier alpha value is -0.410. The zero-order chi connectivity index (χ0) is 17.5. The van der Waals surface area contributed by atoms with Gasteiger partial charge in [-0.25, -0.2) is 0 Å². The van der Waals surface area contributed by atoms with Gasteiger partial charge in [-0.05, 0) is 70.5 Å². The van der Waals surface area contributed by atoms with Crippen LogP contribution in [0.25, 0.3) is 0 Å². The molecular weight excluding hydrogens is 459 g/mol. The van der Waals surface area contributed by atoms with Crippen molar-refractivity contribution in [2.24, 2.45) is 4.99 Å². The van der Waals surface area contributed by atoms with Gasteiger partial charge in [-0.15, -0.1) is 24.0 Å². The summed E-state index contributed by atoms with van der Waals surface area (Å²) in [6, 6.07) is 4.85. The molecule has 0 bridgehead atoms. The molecule has 2 N–H and O–H groups in total. The van der Waals surface area contributed by atoms with E-state index in [1.54, 1.807) is 6.26 Å². The van der Waals surface area contributed by atoms with Crippen molar-refractivity contribution < 1.29 is 4.42 Å². The number of guanidine groups is 1. The molecule has 1 aromatic rings. The van der Waals surface area contributed by atoms with Gasteiger partial charge in [0, 0.05) is 17.8 Å². The van der Waals surface area contributed by atoms with Crippen molar-refractivity contribution in [2.75, 3.05) is 32.4 Å². The zero-order valence-electron chi connectivity index (χ0n) is 15.9. The number of nitrogens with zero attached hydrogens (tertiary/aromatic N) is 2. The van der Waals surface area contributed by atoms with Gasteiger partial charge in [0.2, 0.25) is 0 Å². The predicted octanol–water partition coefficient (Wildman–Crippen LogP) is 3.87. The Kier molecular flexibility index (Phi) is 9.63. The number of likely N-dealkylation sites (tertiary alicyclic amines) is 1. The second kappa shape index (κ2) is 11.4. The molecule has 2 fully saturated rings. The van der Waals surface area contributed by atoms with Crippen LogP contribution >= 0.6 is 35.7 Å². The minimum Gasteiger partial charge on any atom is -0.468 e. The van der Waals surface area contributed by atoms with E-state index in [0.717, 1.165) is 43.1 Å². The van der Waals surface area contributed by atoms with E-state index in [-0.39, 0.29) is 30.0 Å². The normalized spacial score (nSPS) is 25.1. The fourth-order valence-electron chi connectivity index (χ4n) is 3.90. The molecule has 3 rings (SSSR count). The molecule has 7 heteroatoms. The summed E-state index contributed by atoms with van der Waals surface area (Å²) < 4.78 is 5.71. The molecule has 0 aromatic carbocycles. The van der Waals surface area contributed by atoms with Gasteiger partial charge in [-0.3, -0.25) is 9.89 Å². The van der Waals surface area contributed by atoms with Crippen molar-refractivity contribution in [3.63, 3.8) is 0 Å². The first-order chi connectivity index (χ1) is 12.3. The SMILES string of the molecule is CCNC(=NCC(c1ccco1)N1CCCC1)NC1CCC(SC)C1.I. The first kappa shape index (κ1) is 21.9. The van der Waals surface area contributed by atoms with Gasteiger partial charge in [0.15, 0.2) is 5.96 Å². The second-order valence-corrected chi connectivity index (χ2v) is 8.14. The molecule has 148 valence electrons. The topological polar surface area (TPSA) is 52.8 Å². The Balaban J connectivity index is 0.00000243. The Bertz CT molecular complexity index is 534. The fraction of sp³-hybridized carbons (Fsp3) is 0.737. The number of hydrogen-bond donors (Lipinski definition) is 2. The summed E-state index contributed by atoms with van der Waals surface area (Å²) in [5.41, 5.74) is 0. The average Bonchev–Trinajstić information content (AvgIpc) is 3.38. The fourth-order valence-corrected chi connectivity index (χ4v) is 4.69. The van der Waals surface area contributed by atoms with E-state index >= 15 is 0 Å². The first-order valence-corrected chi connectivity index (χ1v) is 10.9. The Morgan fingerprint density at radius 1 is 1.38 bits per heavy atom. The summed E-state index contributed by atoms with van der Waals surface area (Å²) in [6.07, 6.45) is 10.3. The van der Waals surface area contributed by atoms with Gasteiger partial charge in [-0.2, -0.15) is 11.8 Å². The van der Waals surface area contributed by atoms with Crippen LogP contribution in [0.15, 0.2) is 27.8 Å². The molecule has 1 saturated carbocycles. The van der Waals surface area contributed by atoms with Gasteiger partial charge in [0.05, 0.1) is 18.8 Å². The number of halogens is 1. The van der Waals surface area contributed by atoms with E-state index < -0.39 is 0 Å². The molecule has 0 amide bonds. The molecule has 2 heterocycles. The maximum Gasteiger partial charge on any atom is 0.191 e. The van der Waals surface area contributed by atoms with Crippen LogP contribution in [0.4, 0.5) is 0 Å². The molecule has 1 aliphatic carbocycles. The van der Waals surface area contributed by atoms with Gasteiger partial charge in [0.25, 0.3) is 0 Å². The maximum atomic E-state index is 5.71. The lowest BCUT2D eigenvalue weighted by atomic mass is 10.2. The highest BCUT2D eigenvalue weighted by molar-refractivity contribution is 14.0. The number of furan rings is 1. The smallest absolute Gasteiger partial charge is 0.191 e. The van der Waals surface area contributed by atoms with Crippen LogP contribution in [-0.2, 0) is 0 Å². The molecule has 1 saturated heterocycles. The maximum absolute atomic E-state index is 5.71. The van der Waals surface area contributed by atoms with E-state index in [1.807, 2.05) is 17.8 Å². The monoisotopic (exact) mass is 492 g/mol. The predicted molar refractivity (Wildman–Crippen MR) is 122 cm³/mol. The van der Waals surface area contributed by atoms with Crippen LogP contribution in [0.2, 0.25) is 0 Å². The van der Waals surface area contributed by atoms with Crippen LogP contribution in [-0.4, -0.2) is 54.6 Å². The van der Waals surface area contributed by atoms with E-state index in [4.69, 9.17) is 9.41 Å². The van der Waals surface area contributed by atoms with Crippen LogP contribution < -0.4 is 10.6 Å². The molecule has 5 nitrogen and oxygen atoms in total. The van der Waals surface area contributed by atoms with E-state index in [9.17, 15) is 0 Å².